The monoisotopic (exact) mass is 255 g/mol. The van der Waals surface area contributed by atoms with Crippen molar-refractivity contribution in [3.05, 3.63) is 30.1 Å². The number of aliphatic hydroxyl groups excluding tert-OH is 1. The summed E-state index contributed by atoms with van der Waals surface area (Å²) in [6.45, 7) is 3.81. The third-order valence-electron chi connectivity index (χ3n) is 2.59. The van der Waals surface area contributed by atoms with Gasteiger partial charge in [-0.25, -0.2) is 4.39 Å². The molecule has 3 nitrogen and oxygen atoms in total. The van der Waals surface area contributed by atoms with E-state index in [9.17, 15) is 9.50 Å². The molecular weight excluding hydrogens is 233 g/mol. The van der Waals surface area contributed by atoms with E-state index in [1.165, 1.54) is 25.0 Å². The lowest BCUT2D eigenvalue weighted by molar-refractivity contribution is 0.106. The minimum absolute atomic E-state index is 0.215. The largest absolute Gasteiger partial charge is 0.491 e. The Kier molecular flexibility index (Phi) is 7.37. The normalized spacial score (nSPS) is 12.4. The van der Waals surface area contributed by atoms with Gasteiger partial charge < -0.3 is 15.2 Å². The summed E-state index contributed by atoms with van der Waals surface area (Å²) >= 11 is 0. The maximum absolute atomic E-state index is 12.6. The topological polar surface area (TPSA) is 41.5 Å². The zero-order valence-electron chi connectivity index (χ0n) is 10.9. The number of nitrogens with one attached hydrogen (secondary N) is 1. The van der Waals surface area contributed by atoms with Crippen LogP contribution in [-0.2, 0) is 0 Å². The summed E-state index contributed by atoms with van der Waals surface area (Å²) in [7, 11) is 0. The van der Waals surface area contributed by atoms with Gasteiger partial charge in [0.15, 0.2) is 0 Å². The predicted molar refractivity (Wildman–Crippen MR) is 70.3 cm³/mol. The van der Waals surface area contributed by atoms with Crippen molar-refractivity contribution < 1.29 is 14.2 Å². The van der Waals surface area contributed by atoms with Crippen LogP contribution in [0.2, 0.25) is 0 Å². The maximum atomic E-state index is 12.6. The standard InChI is InChI=1S/C14H22FNO2/c1-2-3-4-9-16-10-13(17)11-18-14-7-5-12(15)6-8-14/h5-8,13,16-17H,2-4,9-11H2,1H3. The van der Waals surface area contributed by atoms with Crippen molar-refractivity contribution >= 4 is 0 Å². The smallest absolute Gasteiger partial charge is 0.123 e. The van der Waals surface area contributed by atoms with E-state index in [2.05, 4.69) is 12.2 Å². The zero-order chi connectivity index (χ0) is 13.2. The van der Waals surface area contributed by atoms with Crippen molar-refractivity contribution in [1.29, 1.82) is 0 Å². The molecule has 1 rings (SSSR count). The van der Waals surface area contributed by atoms with E-state index in [-0.39, 0.29) is 12.4 Å². The van der Waals surface area contributed by atoms with Crippen LogP contribution in [0.15, 0.2) is 24.3 Å². The first-order chi connectivity index (χ1) is 8.72. The van der Waals surface area contributed by atoms with Crippen LogP contribution in [0.3, 0.4) is 0 Å². The van der Waals surface area contributed by atoms with Crippen molar-refractivity contribution in [2.24, 2.45) is 0 Å². The maximum Gasteiger partial charge on any atom is 0.123 e. The van der Waals surface area contributed by atoms with Crippen LogP contribution < -0.4 is 10.1 Å². The lowest BCUT2D eigenvalue weighted by Crippen LogP contribution is -2.32. The summed E-state index contributed by atoms with van der Waals surface area (Å²) in [6.07, 6.45) is 2.98. The van der Waals surface area contributed by atoms with Crippen LogP contribution >= 0.6 is 0 Å². The summed E-state index contributed by atoms with van der Waals surface area (Å²) in [5.41, 5.74) is 0. The second-order valence-electron chi connectivity index (χ2n) is 4.33. The summed E-state index contributed by atoms with van der Waals surface area (Å²) in [6, 6.07) is 5.78. The summed E-state index contributed by atoms with van der Waals surface area (Å²) < 4.78 is 18.0. The Hall–Kier alpha value is -1.13. The van der Waals surface area contributed by atoms with E-state index in [4.69, 9.17) is 4.74 Å². The molecule has 0 aliphatic rings. The molecule has 0 heterocycles. The molecule has 1 atom stereocenters. The SMILES string of the molecule is CCCCCNCC(O)COc1ccc(F)cc1. The summed E-state index contributed by atoms with van der Waals surface area (Å²) in [5.74, 6) is 0.280. The van der Waals surface area contributed by atoms with Gasteiger partial charge in [-0.3, -0.25) is 0 Å². The van der Waals surface area contributed by atoms with E-state index in [1.807, 2.05) is 0 Å². The lowest BCUT2D eigenvalue weighted by Gasteiger charge is -2.13. The molecule has 102 valence electrons. The molecule has 2 N–H and O–H groups in total. The van der Waals surface area contributed by atoms with Gasteiger partial charge in [0.05, 0.1) is 0 Å². The molecule has 0 fully saturated rings. The molecule has 0 spiro atoms. The Morgan fingerprint density at radius 3 is 2.67 bits per heavy atom. The van der Waals surface area contributed by atoms with Crippen LogP contribution in [0.5, 0.6) is 5.75 Å². The molecular formula is C14H22FNO2. The highest BCUT2D eigenvalue weighted by atomic mass is 19.1. The quantitative estimate of drug-likeness (QED) is 0.666. The van der Waals surface area contributed by atoms with Gasteiger partial charge in [-0.15, -0.1) is 0 Å². The van der Waals surface area contributed by atoms with Gasteiger partial charge in [-0.05, 0) is 37.2 Å². The highest BCUT2D eigenvalue weighted by molar-refractivity contribution is 5.22. The zero-order valence-corrected chi connectivity index (χ0v) is 10.9. The molecule has 0 aromatic heterocycles. The second-order valence-corrected chi connectivity index (χ2v) is 4.33. The Morgan fingerprint density at radius 1 is 1.28 bits per heavy atom. The molecule has 4 heteroatoms. The van der Waals surface area contributed by atoms with Crippen molar-refractivity contribution in [3.63, 3.8) is 0 Å². The molecule has 1 aromatic carbocycles. The van der Waals surface area contributed by atoms with E-state index < -0.39 is 6.10 Å². The Balaban J connectivity index is 2.09. The molecule has 1 unspecified atom stereocenters. The molecule has 0 saturated heterocycles. The van der Waals surface area contributed by atoms with Crippen molar-refractivity contribution in [2.75, 3.05) is 19.7 Å². The van der Waals surface area contributed by atoms with Gasteiger partial charge in [0.2, 0.25) is 0 Å². The first-order valence-electron chi connectivity index (χ1n) is 6.49. The van der Waals surface area contributed by atoms with Crippen LogP contribution in [0.1, 0.15) is 26.2 Å². The molecule has 1 aromatic rings. The molecule has 0 radical (unpaired) electrons. The molecule has 18 heavy (non-hydrogen) atoms. The third-order valence-corrected chi connectivity index (χ3v) is 2.59. The molecule has 0 amide bonds. The first kappa shape index (κ1) is 14.9. The fourth-order valence-electron chi connectivity index (χ4n) is 1.55. The average Bonchev–Trinajstić information content (AvgIpc) is 2.38. The van der Waals surface area contributed by atoms with Gasteiger partial charge in [0, 0.05) is 6.54 Å². The van der Waals surface area contributed by atoms with Gasteiger partial charge in [0.1, 0.15) is 24.3 Å². The molecule has 0 aliphatic carbocycles. The first-order valence-corrected chi connectivity index (χ1v) is 6.49. The van der Waals surface area contributed by atoms with Gasteiger partial charge >= 0.3 is 0 Å². The molecule has 0 bridgehead atoms. The van der Waals surface area contributed by atoms with E-state index in [0.717, 1.165) is 13.0 Å². The van der Waals surface area contributed by atoms with Crippen LogP contribution in [0.25, 0.3) is 0 Å². The number of benzene rings is 1. The van der Waals surface area contributed by atoms with Crippen LogP contribution in [-0.4, -0.2) is 30.9 Å². The van der Waals surface area contributed by atoms with Crippen molar-refractivity contribution in [1.82, 2.24) is 5.32 Å². The van der Waals surface area contributed by atoms with Gasteiger partial charge in [-0.1, -0.05) is 19.8 Å². The Labute approximate surface area is 108 Å². The lowest BCUT2D eigenvalue weighted by atomic mass is 10.2. The fraction of sp³-hybridized carbons (Fsp3) is 0.571. The minimum atomic E-state index is -0.545. The summed E-state index contributed by atoms with van der Waals surface area (Å²) in [4.78, 5) is 0. The highest BCUT2D eigenvalue weighted by Crippen LogP contribution is 2.11. The number of ether oxygens (including phenoxy) is 1. The van der Waals surface area contributed by atoms with Crippen molar-refractivity contribution in [2.45, 2.75) is 32.3 Å². The Bertz CT molecular complexity index is 316. The minimum Gasteiger partial charge on any atom is -0.491 e. The third kappa shape index (κ3) is 6.57. The van der Waals surface area contributed by atoms with Crippen molar-refractivity contribution in [3.8, 4) is 5.75 Å². The Morgan fingerprint density at radius 2 is 2.00 bits per heavy atom. The van der Waals surface area contributed by atoms with E-state index in [1.54, 1.807) is 12.1 Å². The number of hydrogen-bond donors (Lipinski definition) is 2. The number of aliphatic hydroxyl groups is 1. The van der Waals surface area contributed by atoms with Crippen LogP contribution in [0, 0.1) is 5.82 Å². The average molecular weight is 255 g/mol. The second kappa shape index (κ2) is 8.89. The summed E-state index contributed by atoms with van der Waals surface area (Å²) in [5, 5.41) is 12.8. The van der Waals surface area contributed by atoms with E-state index >= 15 is 0 Å². The molecule has 0 aliphatic heterocycles. The van der Waals surface area contributed by atoms with Gasteiger partial charge in [0.25, 0.3) is 0 Å². The predicted octanol–water partition coefficient (Wildman–Crippen LogP) is 2.35. The highest BCUT2D eigenvalue weighted by Gasteiger charge is 2.04. The number of unbranched alkanes of at least 4 members (excludes halogenated alkanes) is 2. The fourth-order valence-corrected chi connectivity index (χ4v) is 1.55. The van der Waals surface area contributed by atoms with E-state index in [0.29, 0.717) is 12.3 Å². The number of rotatable bonds is 9. The number of hydrogen-bond acceptors (Lipinski definition) is 3. The number of halogens is 1. The molecule has 0 saturated carbocycles. The van der Waals surface area contributed by atoms with Gasteiger partial charge in [-0.2, -0.15) is 0 Å². The van der Waals surface area contributed by atoms with Crippen LogP contribution in [0.4, 0.5) is 4.39 Å².